The van der Waals surface area contributed by atoms with Crippen molar-refractivity contribution in [2.75, 3.05) is 12.0 Å². The highest BCUT2D eigenvalue weighted by atomic mass is 16.6. The Labute approximate surface area is 183 Å². The van der Waals surface area contributed by atoms with Gasteiger partial charge >= 0.3 is 6.03 Å². The van der Waals surface area contributed by atoms with Crippen LogP contribution in [0.5, 0.6) is 5.75 Å². The summed E-state index contributed by atoms with van der Waals surface area (Å²) in [7, 11) is 1.49. The van der Waals surface area contributed by atoms with Crippen molar-refractivity contribution in [2.45, 2.75) is 13.8 Å². The number of methoxy groups -OCH3 is 1. The van der Waals surface area contributed by atoms with Gasteiger partial charge in [0.25, 0.3) is 11.6 Å². The number of non-ortho nitro benzene ring substituents is 1. The Morgan fingerprint density at radius 3 is 2.44 bits per heavy atom. The van der Waals surface area contributed by atoms with Crippen LogP contribution in [0.25, 0.3) is 11.8 Å². The number of nitrogens with zero attached hydrogens (tertiary/aromatic N) is 3. The topological polar surface area (TPSA) is 107 Å². The van der Waals surface area contributed by atoms with E-state index in [2.05, 4.69) is 5.32 Å². The van der Waals surface area contributed by atoms with E-state index in [1.54, 1.807) is 42.5 Å². The lowest BCUT2D eigenvalue weighted by atomic mass is 10.2. The molecule has 2 heterocycles. The number of urea groups is 1. The van der Waals surface area contributed by atoms with Gasteiger partial charge in [-0.1, -0.05) is 18.2 Å². The fraction of sp³-hybridized carbons (Fsp3) is 0.130. The van der Waals surface area contributed by atoms with E-state index in [0.717, 1.165) is 16.3 Å². The number of hydrogen-bond donors (Lipinski definition) is 1. The quantitative estimate of drug-likeness (QED) is 0.283. The average Bonchev–Trinajstić information content (AvgIpc) is 3.22. The number of rotatable bonds is 5. The highest BCUT2D eigenvalue weighted by molar-refractivity contribution is 6.28. The third-order valence-corrected chi connectivity index (χ3v) is 5.28. The molecule has 1 aliphatic heterocycles. The van der Waals surface area contributed by atoms with Crippen molar-refractivity contribution in [3.05, 3.63) is 87.4 Å². The molecule has 0 aliphatic carbocycles. The highest BCUT2D eigenvalue weighted by Gasteiger charge is 2.35. The smallest absolute Gasteiger partial charge is 0.333 e. The monoisotopic (exact) mass is 432 g/mol. The minimum absolute atomic E-state index is 0.0649. The van der Waals surface area contributed by atoms with Gasteiger partial charge in [-0.05, 0) is 49.8 Å². The molecule has 1 saturated heterocycles. The summed E-state index contributed by atoms with van der Waals surface area (Å²) in [6.45, 7) is 3.67. The molecule has 0 spiro atoms. The number of nitro groups is 1. The van der Waals surface area contributed by atoms with Gasteiger partial charge < -0.3 is 14.6 Å². The van der Waals surface area contributed by atoms with E-state index in [9.17, 15) is 19.7 Å². The number of carbonyl (C=O) groups excluding carboxylic acids is 2. The molecule has 9 heteroatoms. The van der Waals surface area contributed by atoms with Crippen LogP contribution < -0.4 is 15.0 Å². The van der Waals surface area contributed by atoms with Crippen molar-refractivity contribution in [3.63, 3.8) is 0 Å². The normalized spacial score (nSPS) is 14.7. The van der Waals surface area contributed by atoms with Crippen LogP contribution in [0.2, 0.25) is 0 Å². The predicted octanol–water partition coefficient (Wildman–Crippen LogP) is 4.11. The Hall–Kier alpha value is -4.40. The van der Waals surface area contributed by atoms with Crippen molar-refractivity contribution in [3.8, 4) is 11.4 Å². The van der Waals surface area contributed by atoms with E-state index in [0.29, 0.717) is 22.7 Å². The van der Waals surface area contributed by atoms with Gasteiger partial charge in [-0.2, -0.15) is 0 Å². The molecule has 1 aromatic heterocycles. The molecule has 2 aromatic carbocycles. The number of para-hydroxylation sites is 1. The SMILES string of the molecule is COc1ccc([N+](=O)[O-])cc1-n1c(C)cc(C=C2NC(=O)N(c3ccccc3)C2=O)c1C. The zero-order valence-corrected chi connectivity index (χ0v) is 17.7. The zero-order valence-electron chi connectivity index (χ0n) is 17.7. The molecule has 1 N–H and O–H groups in total. The first kappa shape index (κ1) is 20.9. The largest absolute Gasteiger partial charge is 0.495 e. The van der Waals surface area contributed by atoms with Crippen LogP contribution in [0, 0.1) is 24.0 Å². The summed E-state index contributed by atoms with van der Waals surface area (Å²) >= 11 is 0. The summed E-state index contributed by atoms with van der Waals surface area (Å²) < 4.78 is 7.22. The molecule has 0 radical (unpaired) electrons. The number of nitro benzene ring substituents is 1. The predicted molar refractivity (Wildman–Crippen MR) is 119 cm³/mol. The number of hydrogen-bond acceptors (Lipinski definition) is 5. The van der Waals surface area contributed by atoms with Gasteiger partial charge in [0.2, 0.25) is 0 Å². The van der Waals surface area contributed by atoms with Gasteiger partial charge in [0.1, 0.15) is 11.4 Å². The fourth-order valence-corrected chi connectivity index (χ4v) is 3.77. The molecule has 3 amide bonds. The number of aryl methyl sites for hydroxylation is 1. The van der Waals surface area contributed by atoms with E-state index in [1.807, 2.05) is 24.5 Å². The standard InChI is InChI=1S/C23H20N4O5/c1-14-11-16(12-19-22(28)26(23(29)24-19)17-7-5-4-6-8-17)15(2)25(14)20-13-18(27(30)31)9-10-21(20)32-3/h4-13H,1-3H3,(H,24,29). The molecule has 0 saturated carbocycles. The molecule has 4 rings (SSSR count). The van der Waals surface area contributed by atoms with Crippen molar-refractivity contribution >= 4 is 29.4 Å². The second-order valence-electron chi connectivity index (χ2n) is 7.24. The number of amides is 3. The molecule has 3 aromatic rings. The average molecular weight is 432 g/mol. The molecule has 0 atom stereocenters. The number of nitrogens with one attached hydrogen (secondary N) is 1. The molecule has 0 bridgehead atoms. The van der Waals surface area contributed by atoms with Crippen molar-refractivity contribution in [1.29, 1.82) is 0 Å². The van der Waals surface area contributed by atoms with Crippen LogP contribution in [-0.2, 0) is 4.79 Å². The van der Waals surface area contributed by atoms with Crippen LogP contribution in [0.4, 0.5) is 16.2 Å². The molecular weight excluding hydrogens is 412 g/mol. The summed E-state index contributed by atoms with van der Waals surface area (Å²) in [5, 5.41) is 13.9. The van der Waals surface area contributed by atoms with Crippen LogP contribution in [0.3, 0.4) is 0 Å². The fourth-order valence-electron chi connectivity index (χ4n) is 3.77. The summed E-state index contributed by atoms with van der Waals surface area (Å²) in [5.74, 6) is 0.0102. The Kier molecular flexibility index (Phi) is 5.23. The van der Waals surface area contributed by atoms with E-state index in [1.165, 1.54) is 19.2 Å². The van der Waals surface area contributed by atoms with E-state index in [4.69, 9.17) is 4.74 Å². The van der Waals surface area contributed by atoms with Crippen molar-refractivity contribution in [1.82, 2.24) is 9.88 Å². The number of aromatic nitrogens is 1. The number of imide groups is 1. The maximum Gasteiger partial charge on any atom is 0.333 e. The minimum atomic E-state index is -0.526. The third kappa shape index (κ3) is 3.49. The number of carbonyl (C=O) groups is 2. The number of benzene rings is 2. The van der Waals surface area contributed by atoms with Gasteiger partial charge in [-0.25, -0.2) is 9.69 Å². The maximum atomic E-state index is 12.9. The number of ether oxygens (including phenoxy) is 1. The van der Waals surface area contributed by atoms with Gasteiger partial charge in [0.05, 0.1) is 23.4 Å². The zero-order chi connectivity index (χ0) is 23.0. The molecule has 1 aliphatic rings. The molecule has 0 unspecified atom stereocenters. The van der Waals surface area contributed by atoms with Crippen LogP contribution >= 0.6 is 0 Å². The molecule has 9 nitrogen and oxygen atoms in total. The summed E-state index contributed by atoms with van der Waals surface area (Å²) in [5.41, 5.74) is 3.27. The first-order valence-electron chi connectivity index (χ1n) is 9.75. The van der Waals surface area contributed by atoms with Gasteiger partial charge in [0.15, 0.2) is 0 Å². The lowest BCUT2D eigenvalue weighted by Crippen LogP contribution is -2.30. The highest BCUT2D eigenvalue weighted by Crippen LogP contribution is 2.32. The van der Waals surface area contributed by atoms with Crippen LogP contribution in [0.1, 0.15) is 17.0 Å². The second-order valence-corrected chi connectivity index (χ2v) is 7.24. The second kappa shape index (κ2) is 8.03. The Morgan fingerprint density at radius 1 is 1.06 bits per heavy atom. The molecule has 1 fully saturated rings. The van der Waals surface area contributed by atoms with Crippen molar-refractivity contribution in [2.24, 2.45) is 0 Å². The van der Waals surface area contributed by atoms with Gasteiger partial charge in [0, 0.05) is 23.5 Å². The first-order chi connectivity index (χ1) is 15.3. The summed E-state index contributed by atoms with van der Waals surface area (Å²) in [6.07, 6.45) is 1.60. The van der Waals surface area contributed by atoms with Gasteiger partial charge in [-0.15, -0.1) is 0 Å². The molecule has 32 heavy (non-hydrogen) atoms. The first-order valence-corrected chi connectivity index (χ1v) is 9.75. The Balaban J connectivity index is 1.76. The van der Waals surface area contributed by atoms with E-state index < -0.39 is 16.9 Å². The molecule has 162 valence electrons. The van der Waals surface area contributed by atoms with Gasteiger partial charge in [-0.3, -0.25) is 14.9 Å². The maximum absolute atomic E-state index is 12.9. The van der Waals surface area contributed by atoms with Crippen molar-refractivity contribution < 1.29 is 19.2 Å². The lowest BCUT2D eigenvalue weighted by Gasteiger charge is -2.14. The van der Waals surface area contributed by atoms with E-state index in [-0.39, 0.29) is 11.4 Å². The summed E-state index contributed by atoms with van der Waals surface area (Å²) in [6, 6.07) is 14.3. The Morgan fingerprint density at radius 2 is 1.78 bits per heavy atom. The minimum Gasteiger partial charge on any atom is -0.495 e. The number of anilines is 1. The third-order valence-electron chi connectivity index (χ3n) is 5.28. The van der Waals surface area contributed by atoms with Crippen LogP contribution in [-0.4, -0.2) is 28.5 Å². The van der Waals surface area contributed by atoms with Crippen LogP contribution in [0.15, 0.2) is 60.3 Å². The Bertz CT molecular complexity index is 1280. The lowest BCUT2D eigenvalue weighted by molar-refractivity contribution is -0.384. The molecular formula is C23H20N4O5. The summed E-state index contributed by atoms with van der Waals surface area (Å²) in [4.78, 5) is 37.2. The van der Waals surface area contributed by atoms with E-state index >= 15 is 0 Å².